The number of hydrogen-bond donors (Lipinski definition) is 2. The molecule has 21 heavy (non-hydrogen) atoms. The average molecular weight is 293 g/mol. The van der Waals surface area contributed by atoms with Crippen molar-refractivity contribution in [1.29, 1.82) is 0 Å². The number of carbonyl (C=O) groups excluding carboxylic acids is 1. The number of imidazole rings is 1. The Labute approximate surface area is 126 Å². The number of fused-ring (bicyclic) bond motifs is 1. The zero-order chi connectivity index (χ0) is 15.6. The van der Waals surface area contributed by atoms with Crippen LogP contribution in [-0.4, -0.2) is 21.7 Å². The molecule has 2 rings (SSSR count). The van der Waals surface area contributed by atoms with E-state index >= 15 is 0 Å². The Morgan fingerprint density at radius 2 is 1.95 bits per heavy atom. The number of rotatable bonds is 3. The van der Waals surface area contributed by atoms with Crippen LogP contribution in [0.15, 0.2) is 0 Å². The highest BCUT2D eigenvalue weighted by Gasteiger charge is 2.26. The summed E-state index contributed by atoms with van der Waals surface area (Å²) >= 11 is 0. The van der Waals surface area contributed by atoms with E-state index in [0.717, 1.165) is 24.4 Å². The van der Waals surface area contributed by atoms with E-state index in [1.54, 1.807) is 0 Å². The van der Waals surface area contributed by atoms with E-state index in [0.29, 0.717) is 0 Å². The molecule has 5 heteroatoms. The molecule has 0 aliphatic heterocycles. The van der Waals surface area contributed by atoms with E-state index in [1.165, 1.54) is 18.5 Å². The summed E-state index contributed by atoms with van der Waals surface area (Å²) in [7, 11) is 0. The summed E-state index contributed by atoms with van der Waals surface area (Å²) < 4.78 is 5.35. The van der Waals surface area contributed by atoms with Crippen LogP contribution in [0.2, 0.25) is 0 Å². The molecule has 5 nitrogen and oxygen atoms in total. The fraction of sp³-hybridized carbons (Fsp3) is 0.750. The molecule has 0 radical (unpaired) electrons. The number of aromatic nitrogens is 2. The van der Waals surface area contributed by atoms with E-state index in [9.17, 15) is 4.79 Å². The predicted molar refractivity (Wildman–Crippen MR) is 82.2 cm³/mol. The number of H-pyrrole nitrogens is 1. The third-order valence-corrected chi connectivity index (χ3v) is 3.61. The minimum absolute atomic E-state index is 0.148. The molecule has 1 aromatic heterocycles. The van der Waals surface area contributed by atoms with Crippen LogP contribution in [0.3, 0.4) is 0 Å². The molecule has 0 saturated carbocycles. The fourth-order valence-electron chi connectivity index (χ4n) is 2.61. The molecule has 118 valence electrons. The van der Waals surface area contributed by atoms with Gasteiger partial charge in [0.25, 0.3) is 0 Å². The van der Waals surface area contributed by atoms with Gasteiger partial charge in [-0.2, -0.15) is 0 Å². The largest absolute Gasteiger partial charge is 0.444 e. The number of nitrogens with zero attached hydrogens (tertiary/aromatic N) is 1. The molecule has 0 unspecified atom stereocenters. The maximum atomic E-state index is 12.0. The minimum atomic E-state index is -0.492. The van der Waals surface area contributed by atoms with Crippen molar-refractivity contribution in [2.24, 2.45) is 5.92 Å². The summed E-state index contributed by atoms with van der Waals surface area (Å²) in [6.45, 7) is 9.74. The molecule has 1 aliphatic carbocycles. The number of nitrogens with one attached hydrogen (secondary N) is 2. The second kappa shape index (κ2) is 6.08. The van der Waals surface area contributed by atoms with Crippen molar-refractivity contribution in [2.75, 3.05) is 0 Å². The highest BCUT2D eigenvalue weighted by Crippen LogP contribution is 2.25. The van der Waals surface area contributed by atoms with Crippen molar-refractivity contribution in [3.8, 4) is 0 Å². The molecule has 0 fully saturated rings. The topological polar surface area (TPSA) is 67.0 Å². The first-order valence-electron chi connectivity index (χ1n) is 7.83. The second-order valence-electron chi connectivity index (χ2n) is 7.12. The third-order valence-electron chi connectivity index (χ3n) is 3.61. The Morgan fingerprint density at radius 1 is 1.29 bits per heavy atom. The molecule has 0 aromatic carbocycles. The lowest BCUT2D eigenvalue weighted by Gasteiger charge is -2.24. The molecule has 0 saturated heterocycles. The summed E-state index contributed by atoms with van der Waals surface area (Å²) in [5.74, 6) is 1.09. The fourth-order valence-corrected chi connectivity index (χ4v) is 2.61. The summed E-state index contributed by atoms with van der Waals surface area (Å²) in [6, 6.07) is -0.148. The van der Waals surface area contributed by atoms with Crippen LogP contribution in [-0.2, 0) is 17.6 Å². The van der Waals surface area contributed by atoms with Crippen molar-refractivity contribution in [3.63, 3.8) is 0 Å². The summed E-state index contributed by atoms with van der Waals surface area (Å²) in [6.07, 6.45) is 4.10. The van der Waals surface area contributed by atoms with E-state index in [-0.39, 0.29) is 12.0 Å². The number of alkyl carbamates (subject to hydrolysis) is 1. The molecule has 1 heterocycles. The molecule has 1 atom stereocenters. The van der Waals surface area contributed by atoms with Gasteiger partial charge in [0.15, 0.2) is 0 Å². The van der Waals surface area contributed by atoms with E-state index < -0.39 is 11.7 Å². The van der Waals surface area contributed by atoms with Gasteiger partial charge in [0.1, 0.15) is 11.4 Å². The molecule has 0 spiro atoms. The van der Waals surface area contributed by atoms with Crippen molar-refractivity contribution in [1.82, 2.24) is 15.3 Å². The summed E-state index contributed by atoms with van der Waals surface area (Å²) in [5.41, 5.74) is 1.90. The molecular weight excluding hydrogens is 266 g/mol. The first kappa shape index (κ1) is 15.9. The van der Waals surface area contributed by atoms with Gasteiger partial charge in [0.05, 0.1) is 11.7 Å². The van der Waals surface area contributed by atoms with Crippen molar-refractivity contribution < 1.29 is 9.53 Å². The number of ether oxygens (including phenoxy) is 1. The van der Waals surface area contributed by atoms with Gasteiger partial charge in [-0.1, -0.05) is 13.8 Å². The lowest BCUT2D eigenvalue weighted by Crippen LogP contribution is -2.37. The van der Waals surface area contributed by atoms with Crippen LogP contribution in [0.25, 0.3) is 0 Å². The minimum Gasteiger partial charge on any atom is -0.444 e. The van der Waals surface area contributed by atoms with Gasteiger partial charge in [0, 0.05) is 5.69 Å². The van der Waals surface area contributed by atoms with Crippen molar-refractivity contribution >= 4 is 6.09 Å². The quantitative estimate of drug-likeness (QED) is 0.896. The Bertz CT molecular complexity index is 477. The highest BCUT2D eigenvalue weighted by atomic mass is 16.6. The van der Waals surface area contributed by atoms with Crippen LogP contribution in [0.5, 0.6) is 0 Å². The smallest absolute Gasteiger partial charge is 0.408 e. The van der Waals surface area contributed by atoms with E-state index in [4.69, 9.17) is 9.72 Å². The highest BCUT2D eigenvalue weighted by molar-refractivity contribution is 5.68. The zero-order valence-corrected chi connectivity index (χ0v) is 13.7. The van der Waals surface area contributed by atoms with Gasteiger partial charge < -0.3 is 15.0 Å². The number of aryl methyl sites for hydroxylation is 2. The van der Waals surface area contributed by atoms with Gasteiger partial charge in [-0.05, 0) is 52.4 Å². The molecule has 1 aromatic rings. The zero-order valence-electron chi connectivity index (χ0n) is 13.7. The standard InChI is InChI=1S/C16H27N3O2/c1-10(2)13(19-15(20)21-16(3,4)5)14-17-11-8-6-7-9-12(11)18-14/h10,13H,6-9H2,1-5H3,(H,17,18)(H,19,20)/t13-/m0/s1. The van der Waals surface area contributed by atoms with E-state index in [1.807, 2.05) is 20.8 Å². The number of carbonyl (C=O) groups is 1. The lowest BCUT2D eigenvalue weighted by atomic mass is 10.0. The number of hydrogen-bond acceptors (Lipinski definition) is 3. The monoisotopic (exact) mass is 293 g/mol. The number of amides is 1. The average Bonchev–Trinajstić information content (AvgIpc) is 2.76. The maximum absolute atomic E-state index is 12.0. The van der Waals surface area contributed by atoms with Crippen molar-refractivity contribution in [2.45, 2.75) is 71.9 Å². The maximum Gasteiger partial charge on any atom is 0.408 e. The molecule has 1 amide bonds. The lowest BCUT2D eigenvalue weighted by molar-refractivity contribution is 0.0486. The van der Waals surface area contributed by atoms with Crippen LogP contribution < -0.4 is 5.32 Å². The summed E-state index contributed by atoms with van der Waals surface area (Å²) in [5, 5.41) is 2.94. The van der Waals surface area contributed by atoms with Gasteiger partial charge in [-0.15, -0.1) is 0 Å². The van der Waals surface area contributed by atoms with Gasteiger partial charge in [-0.3, -0.25) is 0 Å². The Hall–Kier alpha value is -1.52. The molecular formula is C16H27N3O2. The molecule has 0 bridgehead atoms. The first-order chi connectivity index (χ1) is 9.76. The third kappa shape index (κ3) is 4.22. The molecule has 2 N–H and O–H groups in total. The van der Waals surface area contributed by atoms with Crippen LogP contribution in [0, 0.1) is 5.92 Å². The van der Waals surface area contributed by atoms with Gasteiger partial charge in [0.2, 0.25) is 0 Å². The van der Waals surface area contributed by atoms with Crippen LogP contribution >= 0.6 is 0 Å². The SMILES string of the molecule is CC(C)[C@H](NC(=O)OC(C)(C)C)c1nc2c([nH]1)CCCC2. The van der Waals surface area contributed by atoms with Crippen molar-refractivity contribution in [3.05, 3.63) is 17.2 Å². The normalized spacial score (nSPS) is 16.5. The second-order valence-corrected chi connectivity index (χ2v) is 7.12. The summed E-state index contributed by atoms with van der Waals surface area (Å²) in [4.78, 5) is 20.1. The van der Waals surface area contributed by atoms with E-state index in [2.05, 4.69) is 24.1 Å². The van der Waals surface area contributed by atoms with Crippen LogP contribution in [0.4, 0.5) is 4.79 Å². The number of aromatic amines is 1. The molecule has 1 aliphatic rings. The first-order valence-corrected chi connectivity index (χ1v) is 7.83. The Kier molecular flexibility index (Phi) is 4.59. The Morgan fingerprint density at radius 3 is 2.52 bits per heavy atom. The van der Waals surface area contributed by atoms with Gasteiger partial charge in [-0.25, -0.2) is 9.78 Å². The van der Waals surface area contributed by atoms with Crippen LogP contribution in [0.1, 0.15) is 70.7 Å². The van der Waals surface area contributed by atoms with Gasteiger partial charge >= 0.3 is 6.09 Å². The Balaban J connectivity index is 2.12. The predicted octanol–water partition coefficient (Wildman–Crippen LogP) is 3.51.